The minimum absolute atomic E-state index is 0.0169. The van der Waals surface area contributed by atoms with Crippen LogP contribution in [0.15, 0.2) is 18.2 Å². The van der Waals surface area contributed by atoms with Crippen LogP contribution in [0.2, 0.25) is 0 Å². The van der Waals surface area contributed by atoms with E-state index < -0.39 is 5.97 Å². The van der Waals surface area contributed by atoms with E-state index >= 15 is 0 Å². The molecular weight excluding hydrogens is 242 g/mol. The SMILES string of the molecule is CCc1cccc(C)c1NC(=O)C(C)CCC(=O)O. The van der Waals surface area contributed by atoms with Crippen LogP contribution in [-0.4, -0.2) is 17.0 Å². The number of benzene rings is 1. The fraction of sp³-hybridized carbons (Fsp3) is 0.467. The molecule has 1 rings (SSSR count). The van der Waals surface area contributed by atoms with Crippen LogP contribution >= 0.6 is 0 Å². The van der Waals surface area contributed by atoms with Crippen molar-refractivity contribution in [2.75, 3.05) is 5.32 Å². The Morgan fingerprint density at radius 2 is 2.05 bits per heavy atom. The molecule has 1 unspecified atom stereocenters. The van der Waals surface area contributed by atoms with Crippen molar-refractivity contribution < 1.29 is 14.7 Å². The topological polar surface area (TPSA) is 66.4 Å². The molecule has 1 atom stereocenters. The van der Waals surface area contributed by atoms with Crippen molar-refractivity contribution in [3.63, 3.8) is 0 Å². The van der Waals surface area contributed by atoms with E-state index in [1.807, 2.05) is 32.0 Å². The zero-order chi connectivity index (χ0) is 14.4. The largest absolute Gasteiger partial charge is 0.481 e. The summed E-state index contributed by atoms with van der Waals surface area (Å²) in [7, 11) is 0. The third-order valence-electron chi connectivity index (χ3n) is 3.23. The summed E-state index contributed by atoms with van der Waals surface area (Å²) in [6.45, 7) is 5.75. The summed E-state index contributed by atoms with van der Waals surface area (Å²) in [5, 5.41) is 11.5. The molecule has 19 heavy (non-hydrogen) atoms. The monoisotopic (exact) mass is 263 g/mol. The van der Waals surface area contributed by atoms with Crippen molar-refractivity contribution in [2.24, 2.45) is 5.92 Å². The number of rotatable bonds is 6. The maximum absolute atomic E-state index is 12.0. The normalized spacial score (nSPS) is 11.9. The molecule has 0 saturated heterocycles. The van der Waals surface area contributed by atoms with Gasteiger partial charge in [0.25, 0.3) is 0 Å². The van der Waals surface area contributed by atoms with Crippen molar-refractivity contribution in [3.8, 4) is 0 Å². The van der Waals surface area contributed by atoms with Crippen LogP contribution in [-0.2, 0) is 16.0 Å². The molecule has 4 heteroatoms. The molecule has 0 spiro atoms. The summed E-state index contributed by atoms with van der Waals surface area (Å²) in [6.07, 6.45) is 1.22. The minimum Gasteiger partial charge on any atom is -0.481 e. The molecule has 0 aliphatic heterocycles. The summed E-state index contributed by atoms with van der Waals surface area (Å²) >= 11 is 0. The molecule has 2 N–H and O–H groups in total. The van der Waals surface area contributed by atoms with E-state index in [2.05, 4.69) is 5.32 Å². The lowest BCUT2D eigenvalue weighted by Crippen LogP contribution is -2.22. The average Bonchev–Trinajstić information content (AvgIpc) is 2.37. The van der Waals surface area contributed by atoms with Gasteiger partial charge < -0.3 is 10.4 Å². The van der Waals surface area contributed by atoms with Crippen molar-refractivity contribution in [2.45, 2.75) is 40.0 Å². The van der Waals surface area contributed by atoms with Crippen molar-refractivity contribution >= 4 is 17.6 Å². The Kier molecular flexibility index (Phi) is 5.55. The van der Waals surface area contributed by atoms with Gasteiger partial charge >= 0.3 is 5.97 Å². The number of hydrogen-bond donors (Lipinski definition) is 2. The van der Waals surface area contributed by atoms with Crippen LogP contribution in [0.4, 0.5) is 5.69 Å². The van der Waals surface area contributed by atoms with Crippen molar-refractivity contribution in [3.05, 3.63) is 29.3 Å². The summed E-state index contributed by atoms with van der Waals surface area (Å²) in [5.74, 6) is -1.30. The molecule has 1 amide bonds. The molecular formula is C15H21NO3. The Labute approximate surface area is 113 Å². The number of aryl methyl sites for hydroxylation is 2. The van der Waals surface area contributed by atoms with E-state index in [0.717, 1.165) is 23.2 Å². The van der Waals surface area contributed by atoms with E-state index in [9.17, 15) is 9.59 Å². The predicted octanol–water partition coefficient (Wildman–Crippen LogP) is 3.00. The molecule has 104 valence electrons. The van der Waals surface area contributed by atoms with Gasteiger partial charge in [-0.25, -0.2) is 0 Å². The van der Waals surface area contributed by atoms with Crippen LogP contribution in [0.1, 0.15) is 37.8 Å². The number of amides is 1. The molecule has 0 bridgehead atoms. The second-order valence-electron chi connectivity index (χ2n) is 4.79. The van der Waals surface area contributed by atoms with E-state index in [1.165, 1.54) is 0 Å². The number of carbonyl (C=O) groups excluding carboxylic acids is 1. The maximum atomic E-state index is 12.0. The number of anilines is 1. The first-order valence-corrected chi connectivity index (χ1v) is 6.56. The summed E-state index contributed by atoms with van der Waals surface area (Å²) in [5.41, 5.74) is 2.98. The fourth-order valence-corrected chi connectivity index (χ4v) is 1.92. The van der Waals surface area contributed by atoms with E-state index in [0.29, 0.717) is 6.42 Å². The summed E-state index contributed by atoms with van der Waals surface area (Å²) < 4.78 is 0. The average molecular weight is 263 g/mol. The molecule has 1 aromatic carbocycles. The number of carboxylic acids is 1. The lowest BCUT2D eigenvalue weighted by molar-refractivity contribution is -0.137. The van der Waals surface area contributed by atoms with Gasteiger partial charge in [-0.15, -0.1) is 0 Å². The Hall–Kier alpha value is -1.84. The molecule has 0 aromatic heterocycles. The number of carboxylic acid groups (broad SMARTS) is 1. The van der Waals surface area contributed by atoms with Gasteiger partial charge in [0.2, 0.25) is 5.91 Å². The van der Waals surface area contributed by atoms with Gasteiger partial charge in [-0.3, -0.25) is 9.59 Å². The van der Waals surface area contributed by atoms with Gasteiger partial charge in [0.15, 0.2) is 0 Å². The molecule has 0 radical (unpaired) electrons. The molecule has 1 aromatic rings. The Morgan fingerprint density at radius 1 is 1.37 bits per heavy atom. The Morgan fingerprint density at radius 3 is 2.63 bits per heavy atom. The smallest absolute Gasteiger partial charge is 0.303 e. The first kappa shape index (κ1) is 15.2. The number of nitrogens with one attached hydrogen (secondary N) is 1. The van der Waals surface area contributed by atoms with Gasteiger partial charge in [0.1, 0.15) is 0 Å². The lowest BCUT2D eigenvalue weighted by Gasteiger charge is -2.16. The minimum atomic E-state index is -0.871. The highest BCUT2D eigenvalue weighted by molar-refractivity contribution is 5.94. The fourth-order valence-electron chi connectivity index (χ4n) is 1.92. The number of hydrogen-bond acceptors (Lipinski definition) is 2. The molecule has 0 fully saturated rings. The third-order valence-corrected chi connectivity index (χ3v) is 3.23. The Balaban J connectivity index is 2.74. The highest BCUT2D eigenvalue weighted by Gasteiger charge is 2.16. The maximum Gasteiger partial charge on any atom is 0.303 e. The van der Waals surface area contributed by atoms with E-state index in [1.54, 1.807) is 6.92 Å². The second-order valence-corrected chi connectivity index (χ2v) is 4.79. The first-order chi connectivity index (χ1) is 8.95. The lowest BCUT2D eigenvalue weighted by atomic mass is 10.0. The summed E-state index contributed by atoms with van der Waals surface area (Å²) in [4.78, 5) is 22.5. The second kappa shape index (κ2) is 6.92. The third kappa shape index (κ3) is 4.39. The molecule has 4 nitrogen and oxygen atoms in total. The molecule has 0 heterocycles. The van der Waals surface area contributed by atoms with Gasteiger partial charge in [-0.2, -0.15) is 0 Å². The highest BCUT2D eigenvalue weighted by Crippen LogP contribution is 2.22. The number of para-hydroxylation sites is 1. The summed E-state index contributed by atoms with van der Waals surface area (Å²) in [6, 6.07) is 5.92. The van der Waals surface area contributed by atoms with Crippen LogP contribution in [0, 0.1) is 12.8 Å². The Bertz CT molecular complexity index is 468. The molecule has 0 aliphatic rings. The highest BCUT2D eigenvalue weighted by atomic mass is 16.4. The number of carbonyl (C=O) groups is 2. The van der Waals surface area contributed by atoms with Gasteiger partial charge in [-0.05, 0) is 30.9 Å². The molecule has 0 saturated carbocycles. The van der Waals surface area contributed by atoms with Crippen LogP contribution in [0.5, 0.6) is 0 Å². The first-order valence-electron chi connectivity index (χ1n) is 6.56. The van der Waals surface area contributed by atoms with E-state index in [-0.39, 0.29) is 18.2 Å². The van der Waals surface area contributed by atoms with Crippen molar-refractivity contribution in [1.82, 2.24) is 0 Å². The van der Waals surface area contributed by atoms with Crippen molar-refractivity contribution in [1.29, 1.82) is 0 Å². The number of aliphatic carboxylic acids is 1. The van der Waals surface area contributed by atoms with Gasteiger partial charge in [0.05, 0.1) is 0 Å². The zero-order valence-electron chi connectivity index (χ0n) is 11.7. The van der Waals surface area contributed by atoms with Gasteiger partial charge in [-0.1, -0.05) is 32.0 Å². The zero-order valence-corrected chi connectivity index (χ0v) is 11.7. The van der Waals surface area contributed by atoms with Crippen LogP contribution in [0.25, 0.3) is 0 Å². The van der Waals surface area contributed by atoms with Gasteiger partial charge in [0, 0.05) is 18.0 Å². The van der Waals surface area contributed by atoms with Crippen LogP contribution < -0.4 is 5.32 Å². The standard InChI is InChI=1S/C15H21NO3/c1-4-12-7-5-6-10(2)14(12)16-15(19)11(3)8-9-13(17)18/h5-7,11H,4,8-9H2,1-3H3,(H,16,19)(H,17,18). The van der Waals surface area contributed by atoms with E-state index in [4.69, 9.17) is 5.11 Å². The molecule has 0 aliphatic carbocycles. The predicted molar refractivity (Wildman–Crippen MR) is 75.2 cm³/mol. The van der Waals surface area contributed by atoms with Crippen LogP contribution in [0.3, 0.4) is 0 Å². The quantitative estimate of drug-likeness (QED) is 0.829.